The Labute approximate surface area is 153 Å². The number of rotatable bonds is 6. The van der Waals surface area contributed by atoms with E-state index < -0.39 is 0 Å². The molecule has 130 valence electrons. The molecule has 0 saturated carbocycles. The number of hydrogen-bond acceptors (Lipinski definition) is 6. The summed E-state index contributed by atoms with van der Waals surface area (Å²) < 4.78 is 6.55. The van der Waals surface area contributed by atoms with Gasteiger partial charge in [-0.15, -0.1) is 10.2 Å². The molecule has 3 aromatic rings. The number of nitrogen functional groups attached to an aromatic ring is 1. The Morgan fingerprint density at radius 2 is 2.12 bits per heavy atom. The number of nitrogens with one attached hydrogen (secondary N) is 1. The second-order valence-corrected chi connectivity index (χ2v) is 6.98. The van der Waals surface area contributed by atoms with Gasteiger partial charge in [-0.25, -0.2) is 4.68 Å². The van der Waals surface area contributed by atoms with Gasteiger partial charge >= 0.3 is 0 Å². The summed E-state index contributed by atoms with van der Waals surface area (Å²) in [6.07, 6.45) is 1.56. The Balaban J connectivity index is 1.64. The highest BCUT2D eigenvalue weighted by atomic mass is 35.5. The first-order chi connectivity index (χ1) is 12.0. The number of carbonyl (C=O) groups is 1. The van der Waals surface area contributed by atoms with Crippen LogP contribution in [0.5, 0.6) is 0 Å². The van der Waals surface area contributed by atoms with Crippen LogP contribution in [-0.2, 0) is 11.3 Å². The van der Waals surface area contributed by atoms with Gasteiger partial charge in [-0.2, -0.15) is 0 Å². The smallest absolute Gasteiger partial charge is 0.233 e. The zero-order valence-corrected chi connectivity index (χ0v) is 14.9. The van der Waals surface area contributed by atoms with E-state index in [0.29, 0.717) is 28.3 Å². The van der Waals surface area contributed by atoms with Crippen LogP contribution in [0.2, 0.25) is 5.02 Å². The third-order valence-corrected chi connectivity index (χ3v) is 4.74. The van der Waals surface area contributed by atoms with E-state index >= 15 is 0 Å². The largest absolute Gasteiger partial charge is 0.467 e. The topological polar surface area (TPSA) is 99.0 Å². The van der Waals surface area contributed by atoms with Gasteiger partial charge < -0.3 is 15.6 Å². The molecule has 2 heterocycles. The molecule has 3 rings (SSSR count). The van der Waals surface area contributed by atoms with Gasteiger partial charge in [-0.1, -0.05) is 23.4 Å². The van der Waals surface area contributed by atoms with Crippen LogP contribution in [0.15, 0.2) is 52.2 Å². The first-order valence-corrected chi connectivity index (χ1v) is 8.73. The van der Waals surface area contributed by atoms with Gasteiger partial charge in [0.15, 0.2) is 5.82 Å². The quantitative estimate of drug-likeness (QED) is 0.506. The number of furan rings is 1. The number of halogens is 1. The number of aromatic nitrogens is 3. The highest BCUT2D eigenvalue weighted by molar-refractivity contribution is 8.00. The van der Waals surface area contributed by atoms with Crippen molar-refractivity contribution in [3.8, 4) is 11.4 Å². The zero-order chi connectivity index (χ0) is 17.8. The molecule has 0 aliphatic heterocycles. The highest BCUT2D eigenvalue weighted by Gasteiger charge is 2.20. The Kier molecular flexibility index (Phi) is 5.30. The number of thioether (sulfide) groups is 1. The molecule has 0 fully saturated rings. The van der Waals surface area contributed by atoms with E-state index in [4.69, 9.17) is 21.9 Å². The SMILES string of the molecule is C[C@H](Sc1nnc(-c2ccc(Cl)cc2)n1N)C(=O)NCc1ccco1. The van der Waals surface area contributed by atoms with Crippen LogP contribution in [-0.4, -0.2) is 26.0 Å². The van der Waals surface area contributed by atoms with E-state index in [9.17, 15) is 4.79 Å². The van der Waals surface area contributed by atoms with Gasteiger partial charge in [0, 0.05) is 10.6 Å². The predicted molar refractivity (Wildman–Crippen MR) is 96.5 cm³/mol. The number of hydrogen-bond donors (Lipinski definition) is 2. The van der Waals surface area contributed by atoms with Crippen molar-refractivity contribution < 1.29 is 9.21 Å². The van der Waals surface area contributed by atoms with Gasteiger partial charge in [0.2, 0.25) is 11.1 Å². The van der Waals surface area contributed by atoms with Crippen molar-refractivity contribution >= 4 is 29.3 Å². The Morgan fingerprint density at radius 3 is 2.80 bits per heavy atom. The molecule has 2 aromatic heterocycles. The minimum Gasteiger partial charge on any atom is -0.467 e. The van der Waals surface area contributed by atoms with Crippen molar-refractivity contribution in [1.29, 1.82) is 0 Å². The van der Waals surface area contributed by atoms with Gasteiger partial charge in [0.25, 0.3) is 0 Å². The molecule has 1 atom stereocenters. The molecule has 0 spiro atoms. The monoisotopic (exact) mass is 377 g/mol. The molecule has 25 heavy (non-hydrogen) atoms. The predicted octanol–water partition coefficient (Wildman–Crippen LogP) is 2.70. The van der Waals surface area contributed by atoms with Crippen molar-refractivity contribution in [1.82, 2.24) is 20.2 Å². The van der Waals surface area contributed by atoms with Crippen LogP contribution in [0.1, 0.15) is 12.7 Å². The zero-order valence-electron chi connectivity index (χ0n) is 13.3. The van der Waals surface area contributed by atoms with E-state index in [0.717, 1.165) is 5.56 Å². The Bertz CT molecular complexity index is 848. The molecule has 0 aliphatic carbocycles. The number of benzene rings is 1. The first-order valence-electron chi connectivity index (χ1n) is 7.48. The molecule has 3 N–H and O–H groups in total. The van der Waals surface area contributed by atoms with Crippen molar-refractivity contribution in [3.63, 3.8) is 0 Å². The maximum absolute atomic E-state index is 12.2. The number of nitrogens with zero attached hydrogens (tertiary/aromatic N) is 3. The van der Waals surface area contributed by atoms with Crippen molar-refractivity contribution in [3.05, 3.63) is 53.4 Å². The molecule has 7 nitrogen and oxygen atoms in total. The molecule has 9 heteroatoms. The maximum atomic E-state index is 12.2. The molecular weight excluding hydrogens is 362 g/mol. The van der Waals surface area contributed by atoms with Crippen molar-refractivity contribution in [2.75, 3.05) is 5.84 Å². The summed E-state index contributed by atoms with van der Waals surface area (Å²) in [5.41, 5.74) is 0.793. The average molecular weight is 378 g/mol. The maximum Gasteiger partial charge on any atom is 0.233 e. The normalized spacial score (nSPS) is 12.1. The lowest BCUT2D eigenvalue weighted by Crippen LogP contribution is -2.30. The molecule has 0 bridgehead atoms. The summed E-state index contributed by atoms with van der Waals surface area (Å²) in [6.45, 7) is 2.11. The van der Waals surface area contributed by atoms with Crippen molar-refractivity contribution in [2.24, 2.45) is 0 Å². The lowest BCUT2D eigenvalue weighted by Gasteiger charge is -2.10. The number of nitrogens with two attached hydrogens (primary N) is 1. The molecule has 1 aromatic carbocycles. The summed E-state index contributed by atoms with van der Waals surface area (Å²) >= 11 is 7.11. The Morgan fingerprint density at radius 1 is 1.36 bits per heavy atom. The molecular formula is C16H16ClN5O2S. The van der Waals surface area contributed by atoms with Crippen LogP contribution >= 0.6 is 23.4 Å². The van der Waals surface area contributed by atoms with Crippen molar-refractivity contribution in [2.45, 2.75) is 23.9 Å². The summed E-state index contributed by atoms with van der Waals surface area (Å²) in [5, 5.41) is 11.6. The number of carbonyl (C=O) groups excluding carboxylic acids is 1. The van der Waals surface area contributed by atoms with Crippen LogP contribution in [0.25, 0.3) is 11.4 Å². The second-order valence-electron chi connectivity index (χ2n) is 5.24. The molecule has 0 saturated heterocycles. The summed E-state index contributed by atoms with van der Waals surface area (Å²) in [6, 6.07) is 10.7. The summed E-state index contributed by atoms with van der Waals surface area (Å²) in [4.78, 5) is 12.2. The van der Waals surface area contributed by atoms with Gasteiger partial charge in [-0.05, 0) is 43.3 Å². The van der Waals surface area contributed by atoms with Crippen LogP contribution < -0.4 is 11.2 Å². The van der Waals surface area contributed by atoms with E-state index in [-0.39, 0.29) is 11.2 Å². The van der Waals surface area contributed by atoms with Gasteiger partial charge in [0.1, 0.15) is 5.76 Å². The van der Waals surface area contributed by atoms with Gasteiger partial charge in [-0.3, -0.25) is 4.79 Å². The van der Waals surface area contributed by atoms with Crippen LogP contribution in [0, 0.1) is 0 Å². The minimum atomic E-state index is -0.389. The standard InChI is InChI=1S/C16H16ClN5O2S/c1-10(15(23)19-9-13-3-2-8-24-13)25-16-21-20-14(22(16)18)11-4-6-12(17)7-5-11/h2-8,10H,9,18H2,1H3,(H,19,23)/t10-/m0/s1. The highest BCUT2D eigenvalue weighted by Crippen LogP contribution is 2.25. The first kappa shape index (κ1) is 17.4. The third-order valence-electron chi connectivity index (χ3n) is 3.44. The lowest BCUT2D eigenvalue weighted by atomic mass is 10.2. The Hall–Kier alpha value is -2.45. The van der Waals surface area contributed by atoms with Crippen LogP contribution in [0.4, 0.5) is 0 Å². The summed E-state index contributed by atoms with van der Waals surface area (Å²) in [5.74, 6) is 7.12. The van der Waals surface area contributed by atoms with E-state index in [1.165, 1.54) is 16.4 Å². The fourth-order valence-corrected chi connectivity index (χ4v) is 3.02. The van der Waals surface area contributed by atoms with E-state index in [1.54, 1.807) is 37.5 Å². The van der Waals surface area contributed by atoms with E-state index in [1.807, 2.05) is 12.1 Å². The molecule has 0 radical (unpaired) electrons. The molecule has 1 amide bonds. The third kappa shape index (κ3) is 4.15. The lowest BCUT2D eigenvalue weighted by molar-refractivity contribution is -0.120. The number of amides is 1. The molecule has 0 aliphatic rings. The van der Waals surface area contributed by atoms with Crippen LogP contribution in [0.3, 0.4) is 0 Å². The van der Waals surface area contributed by atoms with Gasteiger partial charge in [0.05, 0.1) is 18.1 Å². The van der Waals surface area contributed by atoms with E-state index in [2.05, 4.69) is 15.5 Å². The minimum absolute atomic E-state index is 0.141. The molecule has 0 unspecified atom stereocenters. The fourth-order valence-electron chi connectivity index (χ4n) is 2.10. The summed E-state index contributed by atoms with van der Waals surface area (Å²) in [7, 11) is 0. The average Bonchev–Trinajstić information content (AvgIpc) is 3.24. The fraction of sp³-hybridized carbons (Fsp3) is 0.188. The second kappa shape index (κ2) is 7.62.